The summed E-state index contributed by atoms with van der Waals surface area (Å²) in [4.78, 5) is 25.3. The third-order valence-corrected chi connectivity index (χ3v) is 7.57. The van der Waals surface area contributed by atoms with Crippen LogP contribution in [0.25, 0.3) is 33.2 Å². The van der Waals surface area contributed by atoms with Gasteiger partial charge in [-0.1, -0.05) is 48.5 Å². The Morgan fingerprint density at radius 2 is 1.70 bits per heavy atom. The van der Waals surface area contributed by atoms with Crippen LogP contribution in [0.4, 0.5) is 4.39 Å². The van der Waals surface area contributed by atoms with Crippen LogP contribution in [-0.4, -0.2) is 53.9 Å². The second-order valence-electron chi connectivity index (χ2n) is 9.82. The van der Waals surface area contributed by atoms with Gasteiger partial charge in [-0.2, -0.15) is 11.8 Å². The number of hydrogen-bond donors (Lipinski definition) is 2. The van der Waals surface area contributed by atoms with Crippen molar-refractivity contribution in [2.45, 2.75) is 25.7 Å². The van der Waals surface area contributed by atoms with E-state index in [9.17, 15) is 19.1 Å². The first-order valence-corrected chi connectivity index (χ1v) is 14.9. The molecule has 216 valence electrons. The van der Waals surface area contributed by atoms with Gasteiger partial charge in [0, 0.05) is 11.1 Å². The van der Waals surface area contributed by atoms with Crippen molar-refractivity contribution in [1.82, 2.24) is 5.32 Å². The minimum absolute atomic E-state index is 0. The molecule has 1 unspecified atom stereocenters. The zero-order valence-corrected chi connectivity index (χ0v) is 23.8. The monoisotopic (exact) mass is 591 g/mol. The summed E-state index contributed by atoms with van der Waals surface area (Å²) >= 11 is 1.53. The molecule has 0 radical (unpaired) electrons. The molecule has 0 aliphatic carbocycles. The predicted octanol–water partition coefficient (Wildman–Crippen LogP) is 6.91. The van der Waals surface area contributed by atoms with Crippen molar-refractivity contribution in [3.05, 3.63) is 120 Å². The Morgan fingerprint density at radius 1 is 0.930 bits per heavy atom. The van der Waals surface area contributed by atoms with Gasteiger partial charge in [-0.25, -0.2) is 9.18 Å². The molecule has 5 rings (SSSR count). The molecule has 1 amide bonds. The van der Waals surface area contributed by atoms with Crippen molar-refractivity contribution in [2.75, 3.05) is 12.0 Å². The second-order valence-corrected chi connectivity index (χ2v) is 10.8. The SMILES string of the molecule is CSCCC(NC(=O)c1ccc(COCc2ccc(-c3ccc(F)cc3)o2)cc1-c1cccc2ccccc12)C(=O)O.[LiH]. The number of rotatable bonds is 12. The van der Waals surface area contributed by atoms with Gasteiger partial charge < -0.3 is 19.6 Å². The molecule has 0 aliphatic rings. The number of hydrogen-bond acceptors (Lipinski definition) is 5. The maximum atomic E-state index is 13.5. The summed E-state index contributed by atoms with van der Waals surface area (Å²) in [5, 5.41) is 14.4. The normalized spacial score (nSPS) is 11.6. The Hall–Kier alpha value is -3.80. The molecule has 43 heavy (non-hydrogen) atoms. The quantitative estimate of drug-likeness (QED) is 0.153. The fourth-order valence-corrected chi connectivity index (χ4v) is 5.26. The van der Waals surface area contributed by atoms with Crippen LogP contribution in [0, 0.1) is 5.82 Å². The van der Waals surface area contributed by atoms with Crippen LogP contribution in [0.1, 0.15) is 28.1 Å². The summed E-state index contributed by atoms with van der Waals surface area (Å²) in [5.41, 5.74) is 3.56. The van der Waals surface area contributed by atoms with Gasteiger partial charge in [0.15, 0.2) is 0 Å². The zero-order valence-electron chi connectivity index (χ0n) is 23.0. The standard InChI is InChI=1S/C34H30FNO5S.Li.H/c1-42-18-17-31(34(38)39)36-33(37)29-15-9-22(19-30(29)28-8-4-6-23-5-2-3-7-27(23)28)20-40-21-26-14-16-32(41-26)24-10-12-25(35)13-11-24;;/h2-16,19,31H,17-18,20-21H2,1H3,(H,36,37)(H,38,39);;. The number of ether oxygens (including phenoxy) is 1. The molecule has 2 N–H and O–H groups in total. The molecule has 0 saturated carbocycles. The molecule has 5 aromatic rings. The predicted molar refractivity (Wildman–Crippen MR) is 171 cm³/mol. The summed E-state index contributed by atoms with van der Waals surface area (Å²) in [6.07, 6.45) is 2.23. The van der Waals surface area contributed by atoms with Gasteiger partial charge >= 0.3 is 24.8 Å². The van der Waals surface area contributed by atoms with E-state index in [1.54, 1.807) is 18.2 Å². The van der Waals surface area contributed by atoms with Crippen LogP contribution in [0.5, 0.6) is 0 Å². The Morgan fingerprint density at radius 3 is 2.47 bits per heavy atom. The Kier molecular flexibility index (Phi) is 11.3. The zero-order chi connectivity index (χ0) is 29.5. The number of furan rings is 1. The van der Waals surface area contributed by atoms with Crippen molar-refractivity contribution in [3.63, 3.8) is 0 Å². The van der Waals surface area contributed by atoms with Crippen LogP contribution in [0.3, 0.4) is 0 Å². The van der Waals surface area contributed by atoms with Gasteiger partial charge in [-0.15, -0.1) is 0 Å². The molecule has 9 heteroatoms. The molecule has 0 aliphatic heterocycles. The topological polar surface area (TPSA) is 88.8 Å². The summed E-state index contributed by atoms with van der Waals surface area (Å²) in [5.74, 6) is 0.0593. The van der Waals surface area contributed by atoms with Crippen molar-refractivity contribution in [2.24, 2.45) is 0 Å². The Labute approximate surface area is 265 Å². The first-order valence-electron chi connectivity index (χ1n) is 13.5. The average Bonchev–Trinajstić information content (AvgIpc) is 3.48. The van der Waals surface area contributed by atoms with E-state index < -0.39 is 17.9 Å². The van der Waals surface area contributed by atoms with E-state index in [4.69, 9.17) is 9.15 Å². The third-order valence-electron chi connectivity index (χ3n) is 6.93. The van der Waals surface area contributed by atoms with Crippen molar-refractivity contribution in [1.29, 1.82) is 0 Å². The average molecular weight is 592 g/mol. The number of benzene rings is 4. The van der Waals surface area contributed by atoms with E-state index in [2.05, 4.69) is 5.32 Å². The van der Waals surface area contributed by atoms with E-state index in [0.717, 1.165) is 27.5 Å². The number of carboxylic acid groups (broad SMARTS) is 1. The van der Waals surface area contributed by atoms with Crippen LogP contribution < -0.4 is 5.32 Å². The van der Waals surface area contributed by atoms with Crippen LogP contribution >= 0.6 is 11.8 Å². The fraction of sp³-hybridized carbons (Fsp3) is 0.176. The first kappa shape index (κ1) is 32.1. The summed E-state index contributed by atoms with van der Waals surface area (Å²) in [7, 11) is 0. The van der Waals surface area contributed by atoms with Crippen LogP contribution in [0.2, 0.25) is 0 Å². The second kappa shape index (κ2) is 15.1. The van der Waals surface area contributed by atoms with Crippen LogP contribution in [-0.2, 0) is 22.7 Å². The van der Waals surface area contributed by atoms with Gasteiger partial charge in [0.05, 0.1) is 6.61 Å². The third kappa shape index (κ3) is 7.98. The van der Waals surface area contributed by atoms with Crippen molar-refractivity contribution < 1.29 is 28.2 Å². The molecule has 0 spiro atoms. The number of nitrogens with one attached hydrogen (secondary N) is 1. The van der Waals surface area contributed by atoms with Gasteiger partial charge in [0.1, 0.15) is 30.0 Å². The molecule has 6 nitrogen and oxygen atoms in total. The number of thioether (sulfide) groups is 1. The number of carbonyl (C=O) groups is 2. The Bertz CT molecular complexity index is 1700. The van der Waals surface area contributed by atoms with Gasteiger partial charge in [-0.05, 0) is 94.4 Å². The maximum absolute atomic E-state index is 13.5. The number of carboxylic acids is 1. The number of aliphatic carboxylic acids is 1. The first-order chi connectivity index (χ1) is 20.4. The van der Waals surface area contributed by atoms with Crippen molar-refractivity contribution in [3.8, 4) is 22.5 Å². The van der Waals surface area contributed by atoms with Gasteiger partial charge in [0.25, 0.3) is 5.91 Å². The molecule has 1 aromatic heterocycles. The van der Waals surface area contributed by atoms with Crippen LogP contribution in [0.15, 0.2) is 101 Å². The number of amides is 1. The van der Waals surface area contributed by atoms with E-state index in [1.807, 2.05) is 73.0 Å². The molecule has 0 bridgehead atoms. The van der Waals surface area contributed by atoms with Gasteiger partial charge in [0.2, 0.25) is 0 Å². The summed E-state index contributed by atoms with van der Waals surface area (Å²) in [6.45, 7) is 0.487. The molecule has 1 heterocycles. The number of halogens is 1. The van der Waals surface area contributed by atoms with E-state index >= 15 is 0 Å². The number of carbonyl (C=O) groups excluding carboxylic acids is 1. The fourth-order valence-electron chi connectivity index (χ4n) is 4.79. The van der Waals surface area contributed by atoms with E-state index in [0.29, 0.717) is 34.8 Å². The molecular weight excluding hydrogens is 560 g/mol. The minimum atomic E-state index is -1.06. The Balaban J connectivity index is 0.00000423. The van der Waals surface area contributed by atoms with Gasteiger partial charge in [-0.3, -0.25) is 4.79 Å². The van der Waals surface area contributed by atoms with E-state index in [-0.39, 0.29) is 37.9 Å². The summed E-state index contributed by atoms with van der Waals surface area (Å²) in [6, 6.07) is 28.0. The molecule has 4 aromatic carbocycles. The number of fused-ring (bicyclic) bond motifs is 1. The molecule has 0 fully saturated rings. The summed E-state index contributed by atoms with van der Waals surface area (Å²) < 4.78 is 25.1. The molecular formula is C34H31FLiNO5S. The molecule has 1 atom stereocenters. The molecule has 0 saturated heterocycles. The van der Waals surface area contributed by atoms with Crippen molar-refractivity contribution >= 4 is 53.3 Å². The van der Waals surface area contributed by atoms with E-state index in [1.165, 1.54) is 23.9 Å².